The first-order valence-electron chi connectivity index (χ1n) is 6.61. The molecule has 0 spiro atoms. The number of ether oxygens (including phenoxy) is 1. The van der Waals surface area contributed by atoms with Crippen molar-refractivity contribution in [1.29, 1.82) is 0 Å². The standard InChI is InChI=1S/C14H14N2O5S/c1-20-14(17)16-8-7-12-11(9-16)13(15-21-12)22(18,19)10-5-3-2-4-6-10/h2-8,11-12H,9H2,1H3/t11-,12-/m1/s1. The minimum atomic E-state index is -3.75. The Morgan fingerprint density at radius 2 is 2.09 bits per heavy atom. The van der Waals surface area contributed by atoms with Crippen molar-refractivity contribution in [2.75, 3.05) is 13.7 Å². The number of benzene rings is 1. The SMILES string of the molecule is COC(=O)N1C=C[C@H]2ON=C(S(=O)(=O)c3ccccc3)[C@@H]2C1. The highest BCUT2D eigenvalue weighted by Crippen LogP contribution is 2.30. The van der Waals surface area contributed by atoms with Crippen molar-refractivity contribution in [2.24, 2.45) is 11.1 Å². The molecule has 2 aliphatic rings. The van der Waals surface area contributed by atoms with Gasteiger partial charge in [0, 0.05) is 12.7 Å². The van der Waals surface area contributed by atoms with Gasteiger partial charge in [0.15, 0.2) is 11.1 Å². The van der Waals surface area contributed by atoms with Crippen molar-refractivity contribution in [2.45, 2.75) is 11.0 Å². The van der Waals surface area contributed by atoms with Gasteiger partial charge in [-0.1, -0.05) is 23.4 Å². The van der Waals surface area contributed by atoms with Crippen LogP contribution < -0.4 is 0 Å². The van der Waals surface area contributed by atoms with Gasteiger partial charge in [-0.25, -0.2) is 13.2 Å². The van der Waals surface area contributed by atoms with E-state index in [1.54, 1.807) is 24.3 Å². The summed E-state index contributed by atoms with van der Waals surface area (Å²) in [7, 11) is -2.49. The van der Waals surface area contributed by atoms with Gasteiger partial charge in [0.25, 0.3) is 0 Å². The molecule has 2 heterocycles. The van der Waals surface area contributed by atoms with E-state index in [0.29, 0.717) is 0 Å². The van der Waals surface area contributed by atoms with Gasteiger partial charge in [-0.15, -0.1) is 0 Å². The number of carbonyl (C=O) groups is 1. The Balaban J connectivity index is 1.91. The first-order chi connectivity index (χ1) is 10.5. The van der Waals surface area contributed by atoms with Crippen LogP contribution >= 0.6 is 0 Å². The van der Waals surface area contributed by atoms with Crippen LogP contribution in [-0.2, 0) is 19.4 Å². The number of methoxy groups -OCH3 is 1. The maximum Gasteiger partial charge on any atom is 0.413 e. The molecule has 0 aromatic heterocycles. The first kappa shape index (κ1) is 14.6. The van der Waals surface area contributed by atoms with E-state index in [4.69, 9.17) is 4.84 Å². The Labute approximate surface area is 127 Å². The smallest absolute Gasteiger partial charge is 0.413 e. The highest BCUT2D eigenvalue weighted by molar-refractivity contribution is 8.06. The van der Waals surface area contributed by atoms with E-state index in [1.165, 1.54) is 30.3 Å². The number of sulfone groups is 1. The third kappa shape index (κ3) is 2.35. The molecule has 22 heavy (non-hydrogen) atoms. The second-order valence-electron chi connectivity index (χ2n) is 4.89. The molecule has 8 heteroatoms. The molecule has 0 radical (unpaired) electrons. The van der Waals surface area contributed by atoms with Crippen LogP contribution in [0, 0.1) is 5.92 Å². The fraction of sp³-hybridized carbons (Fsp3) is 0.286. The summed E-state index contributed by atoms with van der Waals surface area (Å²) in [6.07, 6.45) is 2.07. The Bertz CT molecular complexity index is 742. The lowest BCUT2D eigenvalue weighted by Crippen LogP contribution is -2.42. The van der Waals surface area contributed by atoms with Crippen LogP contribution in [0.2, 0.25) is 0 Å². The van der Waals surface area contributed by atoms with Gasteiger partial charge in [-0.3, -0.25) is 4.90 Å². The van der Waals surface area contributed by atoms with Crippen LogP contribution in [-0.4, -0.2) is 44.2 Å². The van der Waals surface area contributed by atoms with Crippen LogP contribution in [0.3, 0.4) is 0 Å². The van der Waals surface area contributed by atoms with Crippen molar-refractivity contribution in [3.63, 3.8) is 0 Å². The van der Waals surface area contributed by atoms with Gasteiger partial charge in [0.1, 0.15) is 0 Å². The van der Waals surface area contributed by atoms with Crippen LogP contribution in [0.1, 0.15) is 0 Å². The molecule has 0 saturated heterocycles. The molecule has 2 aliphatic heterocycles. The molecule has 116 valence electrons. The topological polar surface area (TPSA) is 85.3 Å². The third-order valence-electron chi connectivity index (χ3n) is 3.57. The largest absolute Gasteiger partial charge is 0.452 e. The summed E-state index contributed by atoms with van der Waals surface area (Å²) in [5.74, 6) is -0.547. The summed E-state index contributed by atoms with van der Waals surface area (Å²) >= 11 is 0. The number of oxime groups is 1. The lowest BCUT2D eigenvalue weighted by atomic mass is 10.0. The van der Waals surface area contributed by atoms with Crippen LogP contribution in [0.25, 0.3) is 0 Å². The number of hydrogen-bond acceptors (Lipinski definition) is 6. The van der Waals surface area contributed by atoms with Gasteiger partial charge in [-0.2, -0.15) is 0 Å². The maximum absolute atomic E-state index is 12.7. The Morgan fingerprint density at radius 1 is 1.36 bits per heavy atom. The molecular weight excluding hydrogens is 308 g/mol. The number of rotatable bonds is 1. The molecule has 2 atom stereocenters. The first-order valence-corrected chi connectivity index (χ1v) is 8.09. The summed E-state index contributed by atoms with van der Waals surface area (Å²) in [5.41, 5.74) is 0. The number of amides is 1. The van der Waals surface area contributed by atoms with E-state index in [0.717, 1.165) is 0 Å². The van der Waals surface area contributed by atoms with E-state index < -0.39 is 28.0 Å². The second kappa shape index (κ2) is 5.45. The van der Waals surface area contributed by atoms with Crippen LogP contribution in [0.5, 0.6) is 0 Å². The second-order valence-corrected chi connectivity index (χ2v) is 6.78. The summed E-state index contributed by atoms with van der Waals surface area (Å²) in [5, 5.41) is 3.68. The molecule has 1 aromatic rings. The Morgan fingerprint density at radius 3 is 2.77 bits per heavy atom. The lowest BCUT2D eigenvalue weighted by molar-refractivity contribution is 0.0756. The van der Waals surface area contributed by atoms with E-state index >= 15 is 0 Å². The molecule has 0 saturated carbocycles. The van der Waals surface area contributed by atoms with E-state index in [9.17, 15) is 13.2 Å². The fourth-order valence-corrected chi connectivity index (χ4v) is 3.93. The van der Waals surface area contributed by atoms with E-state index in [1.807, 2.05) is 0 Å². The molecule has 1 aromatic carbocycles. The van der Waals surface area contributed by atoms with Gasteiger partial charge < -0.3 is 9.57 Å². The minimum absolute atomic E-state index is 0.0676. The summed E-state index contributed by atoms with van der Waals surface area (Å²) in [4.78, 5) is 18.2. The predicted octanol–water partition coefficient (Wildman–Crippen LogP) is 1.38. The molecule has 1 amide bonds. The fourth-order valence-electron chi connectivity index (χ4n) is 2.43. The summed E-state index contributed by atoms with van der Waals surface area (Å²) < 4.78 is 30.0. The minimum Gasteiger partial charge on any atom is -0.452 e. The molecule has 3 rings (SSSR count). The Kier molecular flexibility index (Phi) is 3.61. The van der Waals surface area contributed by atoms with Gasteiger partial charge in [0.2, 0.25) is 9.84 Å². The van der Waals surface area contributed by atoms with Crippen molar-refractivity contribution >= 4 is 21.0 Å². The highest BCUT2D eigenvalue weighted by Gasteiger charge is 2.44. The number of hydrogen-bond donors (Lipinski definition) is 0. The summed E-state index contributed by atoms with van der Waals surface area (Å²) in [6, 6.07) is 8.02. The Hall–Kier alpha value is -2.35. The normalized spacial score (nSPS) is 23.5. The van der Waals surface area contributed by atoms with Crippen molar-refractivity contribution in [3.8, 4) is 0 Å². The number of fused-ring (bicyclic) bond motifs is 1. The van der Waals surface area contributed by atoms with E-state index in [2.05, 4.69) is 9.89 Å². The van der Waals surface area contributed by atoms with Crippen molar-refractivity contribution < 1.29 is 22.8 Å². The average Bonchev–Trinajstić information content (AvgIpc) is 2.98. The highest BCUT2D eigenvalue weighted by atomic mass is 32.2. The zero-order chi connectivity index (χ0) is 15.7. The monoisotopic (exact) mass is 322 g/mol. The molecular formula is C14H14N2O5S. The van der Waals surface area contributed by atoms with Crippen LogP contribution in [0.4, 0.5) is 4.79 Å². The third-order valence-corrected chi connectivity index (χ3v) is 5.39. The zero-order valence-corrected chi connectivity index (χ0v) is 12.6. The molecule has 0 bridgehead atoms. The molecule has 0 fully saturated rings. The van der Waals surface area contributed by atoms with Crippen LogP contribution in [0.15, 0.2) is 52.7 Å². The van der Waals surface area contributed by atoms with Gasteiger partial charge in [0.05, 0.1) is 17.9 Å². The lowest BCUT2D eigenvalue weighted by Gasteiger charge is -2.27. The van der Waals surface area contributed by atoms with Crippen molar-refractivity contribution in [3.05, 3.63) is 42.6 Å². The quantitative estimate of drug-likeness (QED) is 0.780. The molecule has 0 unspecified atom stereocenters. The predicted molar refractivity (Wildman–Crippen MR) is 77.7 cm³/mol. The molecule has 7 nitrogen and oxygen atoms in total. The molecule has 0 N–H and O–H groups in total. The van der Waals surface area contributed by atoms with E-state index in [-0.39, 0.29) is 16.5 Å². The summed E-state index contributed by atoms with van der Waals surface area (Å²) in [6.45, 7) is 0.138. The zero-order valence-electron chi connectivity index (χ0n) is 11.7. The van der Waals surface area contributed by atoms with Crippen molar-refractivity contribution in [1.82, 2.24) is 4.90 Å². The van der Waals surface area contributed by atoms with Gasteiger partial charge in [-0.05, 0) is 18.2 Å². The van der Waals surface area contributed by atoms with Gasteiger partial charge >= 0.3 is 6.09 Å². The molecule has 0 aliphatic carbocycles. The average molecular weight is 322 g/mol. The number of carbonyl (C=O) groups excluding carboxylic acids is 1. The maximum atomic E-state index is 12.7. The number of nitrogens with zero attached hydrogens (tertiary/aromatic N) is 2.